The molecule has 0 fully saturated rings. The third-order valence-electron chi connectivity index (χ3n) is 4.26. The molecule has 0 spiro atoms. The van der Waals surface area contributed by atoms with Crippen LogP contribution >= 0.6 is 0 Å². The highest BCUT2D eigenvalue weighted by atomic mass is 16.5. The van der Waals surface area contributed by atoms with Gasteiger partial charge in [-0.15, -0.1) is 10.2 Å². The van der Waals surface area contributed by atoms with E-state index < -0.39 is 0 Å². The quantitative estimate of drug-likeness (QED) is 0.815. The summed E-state index contributed by atoms with van der Waals surface area (Å²) in [6.07, 6.45) is 1.84. The van der Waals surface area contributed by atoms with Crippen molar-refractivity contribution < 1.29 is 9.32 Å². The molecule has 1 atom stereocenters. The van der Waals surface area contributed by atoms with Crippen molar-refractivity contribution in [2.45, 2.75) is 52.6 Å². The molecule has 3 heterocycles. The second-order valence-corrected chi connectivity index (χ2v) is 6.99. The van der Waals surface area contributed by atoms with Crippen LogP contribution in [0.2, 0.25) is 0 Å². The summed E-state index contributed by atoms with van der Waals surface area (Å²) < 4.78 is 7.29. The van der Waals surface area contributed by atoms with Gasteiger partial charge in [0.05, 0.1) is 18.2 Å². The third kappa shape index (κ3) is 4.45. The maximum Gasteiger partial charge on any atom is 0.228 e. The van der Waals surface area contributed by atoms with Crippen molar-refractivity contribution in [1.29, 1.82) is 0 Å². The Bertz CT molecular complexity index is 721. The van der Waals surface area contributed by atoms with E-state index in [-0.39, 0.29) is 18.4 Å². The highest BCUT2D eigenvalue weighted by Gasteiger charge is 2.25. The van der Waals surface area contributed by atoms with Crippen LogP contribution in [0.1, 0.15) is 49.4 Å². The molecule has 2 aromatic heterocycles. The van der Waals surface area contributed by atoms with E-state index in [0.29, 0.717) is 11.7 Å². The van der Waals surface area contributed by atoms with E-state index in [2.05, 4.69) is 44.4 Å². The standard InChI is InChI=1S/C17H26N6O2/c1-11(2)8-14(19-16(24)10-13-9-12(3)22-25-13)17-21-20-15-4-5-18-6-7-23(15)17/h9,11,14,18H,4-8,10H2,1-3H3,(H,19,24)/t14-/m1/s1. The van der Waals surface area contributed by atoms with Crippen molar-refractivity contribution in [3.63, 3.8) is 0 Å². The number of hydrogen-bond acceptors (Lipinski definition) is 6. The zero-order valence-electron chi connectivity index (χ0n) is 15.1. The minimum absolute atomic E-state index is 0.0918. The lowest BCUT2D eigenvalue weighted by molar-refractivity contribution is -0.121. The predicted octanol–water partition coefficient (Wildman–Crippen LogP) is 1.17. The fourth-order valence-corrected chi connectivity index (χ4v) is 3.16. The van der Waals surface area contributed by atoms with Crippen molar-refractivity contribution in [1.82, 2.24) is 30.6 Å². The number of rotatable bonds is 6. The maximum absolute atomic E-state index is 12.5. The summed E-state index contributed by atoms with van der Waals surface area (Å²) in [4.78, 5) is 12.5. The lowest BCUT2D eigenvalue weighted by Gasteiger charge is -2.21. The van der Waals surface area contributed by atoms with Crippen LogP contribution in [0.15, 0.2) is 10.6 Å². The van der Waals surface area contributed by atoms with Gasteiger partial charge >= 0.3 is 0 Å². The zero-order valence-corrected chi connectivity index (χ0v) is 15.1. The lowest BCUT2D eigenvalue weighted by Crippen LogP contribution is -2.33. The van der Waals surface area contributed by atoms with Gasteiger partial charge in [0.25, 0.3) is 0 Å². The van der Waals surface area contributed by atoms with Gasteiger partial charge in [0.2, 0.25) is 5.91 Å². The minimum atomic E-state index is -0.157. The molecule has 0 saturated carbocycles. The van der Waals surface area contributed by atoms with E-state index in [1.165, 1.54) is 0 Å². The molecule has 25 heavy (non-hydrogen) atoms. The molecule has 0 unspecified atom stereocenters. The van der Waals surface area contributed by atoms with Crippen molar-refractivity contribution in [2.24, 2.45) is 5.92 Å². The first-order valence-corrected chi connectivity index (χ1v) is 8.87. The summed E-state index contributed by atoms with van der Waals surface area (Å²) >= 11 is 0. The first-order chi connectivity index (χ1) is 12.0. The van der Waals surface area contributed by atoms with Crippen LogP contribution in [-0.2, 0) is 24.2 Å². The molecule has 0 saturated heterocycles. The van der Waals surface area contributed by atoms with E-state index in [9.17, 15) is 4.79 Å². The fraction of sp³-hybridized carbons (Fsp3) is 0.647. The molecule has 0 aliphatic carbocycles. The van der Waals surface area contributed by atoms with Gasteiger partial charge in [-0.2, -0.15) is 0 Å². The highest BCUT2D eigenvalue weighted by Crippen LogP contribution is 2.21. The van der Waals surface area contributed by atoms with Gasteiger partial charge in [0.15, 0.2) is 5.82 Å². The maximum atomic E-state index is 12.5. The number of nitrogens with one attached hydrogen (secondary N) is 2. The number of fused-ring (bicyclic) bond motifs is 1. The smallest absolute Gasteiger partial charge is 0.228 e. The Morgan fingerprint density at radius 2 is 2.24 bits per heavy atom. The highest BCUT2D eigenvalue weighted by molar-refractivity contribution is 5.78. The zero-order chi connectivity index (χ0) is 17.8. The number of hydrogen-bond donors (Lipinski definition) is 2. The summed E-state index contributed by atoms with van der Waals surface area (Å²) in [5.41, 5.74) is 0.775. The summed E-state index contributed by atoms with van der Waals surface area (Å²) in [6.45, 7) is 8.73. The number of amides is 1. The second-order valence-electron chi connectivity index (χ2n) is 6.99. The van der Waals surface area contributed by atoms with Gasteiger partial charge in [0.1, 0.15) is 11.6 Å². The molecule has 2 aromatic rings. The third-order valence-corrected chi connectivity index (χ3v) is 4.26. The summed E-state index contributed by atoms with van der Waals surface area (Å²) in [6, 6.07) is 1.63. The fourth-order valence-electron chi connectivity index (χ4n) is 3.16. The van der Waals surface area contributed by atoms with Crippen LogP contribution in [0.25, 0.3) is 0 Å². The van der Waals surface area contributed by atoms with E-state index in [4.69, 9.17) is 4.52 Å². The normalized spacial score (nSPS) is 15.7. The van der Waals surface area contributed by atoms with Gasteiger partial charge in [0, 0.05) is 32.1 Å². The van der Waals surface area contributed by atoms with Crippen LogP contribution in [0, 0.1) is 12.8 Å². The van der Waals surface area contributed by atoms with Gasteiger partial charge < -0.3 is 19.7 Å². The SMILES string of the molecule is Cc1cc(CC(=O)N[C@H](CC(C)C)c2nnc3n2CCNCC3)on1. The Labute approximate surface area is 147 Å². The minimum Gasteiger partial charge on any atom is -0.361 e. The van der Waals surface area contributed by atoms with Gasteiger partial charge in [-0.05, 0) is 19.3 Å². The summed E-state index contributed by atoms with van der Waals surface area (Å²) in [5, 5.41) is 19.0. The van der Waals surface area contributed by atoms with Gasteiger partial charge in [-0.1, -0.05) is 19.0 Å². The molecule has 136 valence electrons. The van der Waals surface area contributed by atoms with Crippen molar-refractivity contribution >= 4 is 5.91 Å². The van der Waals surface area contributed by atoms with Crippen LogP contribution in [0.5, 0.6) is 0 Å². The molecule has 0 bridgehead atoms. The molecule has 0 radical (unpaired) electrons. The van der Waals surface area contributed by atoms with E-state index >= 15 is 0 Å². The molecule has 8 nitrogen and oxygen atoms in total. The molecule has 1 aliphatic rings. The Morgan fingerprint density at radius 3 is 2.96 bits per heavy atom. The van der Waals surface area contributed by atoms with Crippen LogP contribution in [-0.4, -0.2) is 38.9 Å². The Morgan fingerprint density at radius 1 is 1.40 bits per heavy atom. The molecule has 2 N–H and O–H groups in total. The lowest BCUT2D eigenvalue weighted by atomic mass is 10.0. The molecule has 1 aliphatic heterocycles. The number of nitrogens with zero attached hydrogens (tertiary/aromatic N) is 4. The number of aromatic nitrogens is 4. The molecule has 1 amide bonds. The van der Waals surface area contributed by atoms with E-state index in [1.54, 1.807) is 6.07 Å². The average Bonchev–Trinajstić information content (AvgIpc) is 3.05. The second kappa shape index (κ2) is 7.77. The molecule has 3 rings (SSSR count). The van der Waals surface area contributed by atoms with Crippen molar-refractivity contribution in [3.05, 3.63) is 29.2 Å². The van der Waals surface area contributed by atoms with E-state index in [1.807, 2.05) is 6.92 Å². The Balaban J connectivity index is 1.75. The summed E-state index contributed by atoms with van der Waals surface area (Å²) in [5.74, 6) is 2.73. The van der Waals surface area contributed by atoms with E-state index in [0.717, 1.165) is 49.8 Å². The van der Waals surface area contributed by atoms with Crippen LogP contribution in [0.4, 0.5) is 0 Å². The monoisotopic (exact) mass is 346 g/mol. The molecule has 0 aromatic carbocycles. The first-order valence-electron chi connectivity index (χ1n) is 8.87. The largest absolute Gasteiger partial charge is 0.361 e. The van der Waals surface area contributed by atoms with Crippen molar-refractivity contribution in [3.8, 4) is 0 Å². The number of aryl methyl sites for hydroxylation is 1. The topological polar surface area (TPSA) is 97.9 Å². The molecular weight excluding hydrogens is 320 g/mol. The average molecular weight is 346 g/mol. The Hall–Kier alpha value is -2.22. The van der Waals surface area contributed by atoms with Crippen LogP contribution in [0.3, 0.4) is 0 Å². The van der Waals surface area contributed by atoms with Gasteiger partial charge in [-0.25, -0.2) is 0 Å². The number of carbonyl (C=O) groups excluding carboxylic acids is 1. The van der Waals surface area contributed by atoms with Crippen LogP contribution < -0.4 is 10.6 Å². The predicted molar refractivity (Wildman–Crippen MR) is 91.9 cm³/mol. The number of carbonyl (C=O) groups is 1. The summed E-state index contributed by atoms with van der Waals surface area (Å²) in [7, 11) is 0. The molecular formula is C17H26N6O2. The van der Waals surface area contributed by atoms with Gasteiger partial charge in [-0.3, -0.25) is 4.79 Å². The van der Waals surface area contributed by atoms with Crippen molar-refractivity contribution in [2.75, 3.05) is 13.1 Å². The molecule has 8 heteroatoms. The first kappa shape index (κ1) is 17.6. The Kier molecular flexibility index (Phi) is 5.47.